The van der Waals surface area contributed by atoms with Gasteiger partial charge in [-0.15, -0.1) is 0 Å². The molecule has 1 N–H and O–H groups in total. The van der Waals surface area contributed by atoms with Crippen molar-refractivity contribution < 1.29 is 8.42 Å². The van der Waals surface area contributed by atoms with Crippen LogP contribution < -0.4 is 5.32 Å². The summed E-state index contributed by atoms with van der Waals surface area (Å²) in [5, 5.41) is 3.17. The number of hydrogen-bond donors (Lipinski definition) is 1. The zero-order valence-corrected chi connectivity index (χ0v) is 12.3. The summed E-state index contributed by atoms with van der Waals surface area (Å²) in [6, 6.07) is 3.41. The van der Waals surface area contributed by atoms with Gasteiger partial charge in [0.25, 0.3) is 10.0 Å². The number of rotatable bonds is 4. The average molecular weight is 283 g/mol. The highest BCUT2D eigenvalue weighted by molar-refractivity contribution is 7.89. The summed E-state index contributed by atoms with van der Waals surface area (Å²) >= 11 is 0. The summed E-state index contributed by atoms with van der Waals surface area (Å²) in [6.45, 7) is 4.05. The second-order valence-electron chi connectivity index (χ2n) is 5.12. The molecule has 0 aliphatic carbocycles. The lowest BCUT2D eigenvalue weighted by Crippen LogP contribution is -2.38. The molecule has 0 amide bonds. The van der Waals surface area contributed by atoms with Gasteiger partial charge in [0.2, 0.25) is 0 Å². The normalized spacial score (nSPS) is 18.6. The Balaban J connectivity index is 2.15. The van der Waals surface area contributed by atoms with E-state index in [2.05, 4.69) is 17.2 Å². The van der Waals surface area contributed by atoms with Gasteiger partial charge in [-0.25, -0.2) is 13.4 Å². The molecule has 0 saturated carbocycles. The van der Waals surface area contributed by atoms with Crippen molar-refractivity contribution in [3.05, 3.63) is 23.9 Å². The Morgan fingerprint density at radius 2 is 2.05 bits per heavy atom. The molecule has 5 nitrogen and oxygen atoms in total. The van der Waals surface area contributed by atoms with E-state index in [0.29, 0.717) is 25.6 Å². The van der Waals surface area contributed by atoms with Gasteiger partial charge in [0.1, 0.15) is 0 Å². The van der Waals surface area contributed by atoms with Gasteiger partial charge in [-0.1, -0.05) is 13.0 Å². The molecule has 1 aliphatic rings. The van der Waals surface area contributed by atoms with Crippen molar-refractivity contribution in [1.29, 1.82) is 0 Å². The Labute approximate surface area is 115 Å². The molecule has 19 heavy (non-hydrogen) atoms. The van der Waals surface area contributed by atoms with Crippen LogP contribution in [0.5, 0.6) is 0 Å². The number of piperidine rings is 1. The SMILES string of the molecule is CNCc1ccc(S(=O)(=O)N2CCC(C)CC2)nc1. The van der Waals surface area contributed by atoms with Crippen LogP contribution in [-0.4, -0.2) is 37.8 Å². The monoisotopic (exact) mass is 283 g/mol. The van der Waals surface area contributed by atoms with Gasteiger partial charge in [-0.3, -0.25) is 0 Å². The predicted molar refractivity (Wildman–Crippen MR) is 74.2 cm³/mol. The van der Waals surface area contributed by atoms with E-state index in [0.717, 1.165) is 18.4 Å². The van der Waals surface area contributed by atoms with E-state index < -0.39 is 10.0 Å². The number of aromatic nitrogens is 1. The Bertz CT molecular complexity index is 505. The molecule has 6 heteroatoms. The molecule has 0 aromatic carbocycles. The standard InChI is InChI=1S/C13H21N3O2S/c1-11-5-7-16(8-6-11)19(17,18)13-4-3-12(9-14-2)10-15-13/h3-4,10-11,14H,5-9H2,1-2H3. The molecule has 1 aromatic rings. The van der Waals surface area contributed by atoms with Crippen LogP contribution in [0.15, 0.2) is 23.4 Å². The minimum atomic E-state index is -3.42. The van der Waals surface area contributed by atoms with Gasteiger partial charge in [0.05, 0.1) is 0 Å². The summed E-state index contributed by atoms with van der Waals surface area (Å²) in [7, 11) is -1.57. The smallest absolute Gasteiger partial charge is 0.260 e. The average Bonchev–Trinajstić information content (AvgIpc) is 2.40. The van der Waals surface area contributed by atoms with Crippen LogP contribution in [0, 0.1) is 5.92 Å². The molecule has 1 saturated heterocycles. The first-order valence-corrected chi connectivity index (χ1v) is 8.07. The maximum atomic E-state index is 12.4. The Morgan fingerprint density at radius 3 is 2.58 bits per heavy atom. The fourth-order valence-corrected chi connectivity index (χ4v) is 3.61. The fourth-order valence-electron chi connectivity index (χ4n) is 2.23. The molecule has 0 atom stereocenters. The minimum absolute atomic E-state index is 0.155. The van der Waals surface area contributed by atoms with Gasteiger partial charge >= 0.3 is 0 Å². The van der Waals surface area contributed by atoms with Crippen molar-refractivity contribution >= 4 is 10.0 Å². The van der Waals surface area contributed by atoms with Crippen molar-refractivity contribution in [3.63, 3.8) is 0 Å². The largest absolute Gasteiger partial charge is 0.316 e. The molecule has 0 radical (unpaired) electrons. The van der Waals surface area contributed by atoms with E-state index in [1.165, 1.54) is 0 Å². The van der Waals surface area contributed by atoms with Crippen LogP contribution in [0.2, 0.25) is 0 Å². The van der Waals surface area contributed by atoms with Gasteiger partial charge in [-0.05, 0) is 37.4 Å². The number of nitrogens with zero attached hydrogens (tertiary/aromatic N) is 2. The first-order chi connectivity index (χ1) is 9.04. The Morgan fingerprint density at radius 1 is 1.37 bits per heavy atom. The van der Waals surface area contributed by atoms with Crippen molar-refractivity contribution in [2.45, 2.75) is 31.3 Å². The van der Waals surface area contributed by atoms with E-state index >= 15 is 0 Å². The van der Waals surface area contributed by atoms with Gasteiger partial charge in [0.15, 0.2) is 5.03 Å². The van der Waals surface area contributed by atoms with Crippen molar-refractivity contribution in [2.75, 3.05) is 20.1 Å². The van der Waals surface area contributed by atoms with Crippen LogP contribution in [0.4, 0.5) is 0 Å². The van der Waals surface area contributed by atoms with Crippen LogP contribution in [-0.2, 0) is 16.6 Å². The zero-order valence-electron chi connectivity index (χ0n) is 11.5. The zero-order chi connectivity index (χ0) is 13.9. The summed E-state index contributed by atoms with van der Waals surface area (Å²) in [5.41, 5.74) is 0.980. The predicted octanol–water partition coefficient (Wildman–Crippen LogP) is 1.22. The topological polar surface area (TPSA) is 62.3 Å². The molecule has 0 spiro atoms. The fraction of sp³-hybridized carbons (Fsp3) is 0.615. The van der Waals surface area contributed by atoms with Gasteiger partial charge in [-0.2, -0.15) is 4.31 Å². The van der Waals surface area contributed by atoms with Crippen LogP contribution in [0.1, 0.15) is 25.3 Å². The van der Waals surface area contributed by atoms with E-state index in [4.69, 9.17) is 0 Å². The quantitative estimate of drug-likeness (QED) is 0.902. The van der Waals surface area contributed by atoms with Crippen molar-refractivity contribution in [2.24, 2.45) is 5.92 Å². The summed E-state index contributed by atoms with van der Waals surface area (Å²) in [6.07, 6.45) is 3.48. The highest BCUT2D eigenvalue weighted by Gasteiger charge is 2.28. The maximum Gasteiger partial charge on any atom is 0.260 e. The van der Waals surface area contributed by atoms with Crippen molar-refractivity contribution in [1.82, 2.24) is 14.6 Å². The van der Waals surface area contributed by atoms with Crippen LogP contribution in [0.3, 0.4) is 0 Å². The van der Waals surface area contributed by atoms with E-state index in [1.807, 2.05) is 13.1 Å². The molecule has 1 aromatic heterocycles. The molecule has 2 rings (SSSR count). The van der Waals surface area contributed by atoms with Gasteiger partial charge in [0, 0.05) is 25.8 Å². The van der Waals surface area contributed by atoms with E-state index in [1.54, 1.807) is 16.6 Å². The third-order valence-corrected chi connectivity index (χ3v) is 5.34. The Hall–Kier alpha value is -0.980. The number of hydrogen-bond acceptors (Lipinski definition) is 4. The molecular weight excluding hydrogens is 262 g/mol. The molecule has 0 unspecified atom stereocenters. The van der Waals surface area contributed by atoms with Crippen LogP contribution in [0.25, 0.3) is 0 Å². The summed E-state index contributed by atoms with van der Waals surface area (Å²) in [4.78, 5) is 4.09. The maximum absolute atomic E-state index is 12.4. The lowest BCUT2D eigenvalue weighted by molar-refractivity contribution is 0.287. The summed E-state index contributed by atoms with van der Waals surface area (Å²) in [5.74, 6) is 0.609. The van der Waals surface area contributed by atoms with Crippen LogP contribution >= 0.6 is 0 Å². The molecule has 106 valence electrons. The number of nitrogens with one attached hydrogen (secondary N) is 1. The molecule has 2 heterocycles. The molecule has 0 bridgehead atoms. The van der Waals surface area contributed by atoms with E-state index in [9.17, 15) is 8.42 Å². The lowest BCUT2D eigenvalue weighted by Gasteiger charge is -2.29. The number of sulfonamides is 1. The minimum Gasteiger partial charge on any atom is -0.316 e. The number of pyridine rings is 1. The first kappa shape index (κ1) is 14.4. The molecular formula is C13H21N3O2S. The second kappa shape index (κ2) is 5.98. The lowest BCUT2D eigenvalue weighted by atomic mass is 10.0. The second-order valence-corrected chi connectivity index (χ2v) is 7.01. The third kappa shape index (κ3) is 3.32. The third-order valence-electron chi connectivity index (χ3n) is 3.53. The van der Waals surface area contributed by atoms with Crippen molar-refractivity contribution in [3.8, 4) is 0 Å². The summed E-state index contributed by atoms with van der Waals surface area (Å²) < 4.78 is 26.4. The highest BCUT2D eigenvalue weighted by atomic mass is 32.2. The Kier molecular flexibility index (Phi) is 4.54. The highest BCUT2D eigenvalue weighted by Crippen LogP contribution is 2.22. The van der Waals surface area contributed by atoms with E-state index in [-0.39, 0.29) is 5.03 Å². The molecule has 1 fully saturated rings. The van der Waals surface area contributed by atoms with Gasteiger partial charge < -0.3 is 5.32 Å². The molecule has 1 aliphatic heterocycles. The first-order valence-electron chi connectivity index (χ1n) is 6.63.